The van der Waals surface area contributed by atoms with E-state index in [4.69, 9.17) is 4.74 Å². The first-order valence-corrected chi connectivity index (χ1v) is 8.21. The van der Waals surface area contributed by atoms with Gasteiger partial charge in [-0.1, -0.05) is 39.0 Å². The van der Waals surface area contributed by atoms with E-state index in [1.807, 2.05) is 36.5 Å². The van der Waals surface area contributed by atoms with Gasteiger partial charge in [-0.2, -0.15) is 0 Å². The Balaban J connectivity index is 1.71. The zero-order valence-electron chi connectivity index (χ0n) is 13.3. The van der Waals surface area contributed by atoms with Gasteiger partial charge in [-0.3, -0.25) is 4.79 Å². The summed E-state index contributed by atoms with van der Waals surface area (Å²) in [5.41, 5.74) is 0.0597. The Morgan fingerprint density at radius 1 is 1.27 bits per heavy atom. The first-order chi connectivity index (χ1) is 10.4. The lowest BCUT2D eigenvalue weighted by molar-refractivity contribution is -0.116. The highest BCUT2D eigenvalue weighted by Crippen LogP contribution is 2.30. The van der Waals surface area contributed by atoms with Crippen molar-refractivity contribution >= 4 is 22.4 Å². The van der Waals surface area contributed by atoms with Crippen molar-refractivity contribution in [3.05, 3.63) is 41.4 Å². The van der Waals surface area contributed by atoms with Gasteiger partial charge in [0.1, 0.15) is 5.75 Å². The Bertz CT molecular complexity index is 603. The molecule has 2 rings (SSSR count). The molecule has 4 nitrogen and oxygen atoms in total. The second kappa shape index (κ2) is 7.40. The second-order valence-corrected chi connectivity index (χ2v) is 7.12. The molecule has 0 radical (unpaired) electrons. The highest BCUT2D eigenvalue weighted by molar-refractivity contribution is 7.15. The van der Waals surface area contributed by atoms with Gasteiger partial charge in [0.05, 0.1) is 6.61 Å². The van der Waals surface area contributed by atoms with Crippen LogP contribution in [0.5, 0.6) is 5.75 Å². The monoisotopic (exact) mass is 318 g/mol. The van der Waals surface area contributed by atoms with Crippen molar-refractivity contribution in [2.45, 2.75) is 39.0 Å². The molecule has 0 bridgehead atoms. The van der Waals surface area contributed by atoms with E-state index in [9.17, 15) is 4.79 Å². The van der Waals surface area contributed by atoms with E-state index < -0.39 is 0 Å². The highest BCUT2D eigenvalue weighted by Gasteiger charge is 2.17. The average molecular weight is 318 g/mol. The van der Waals surface area contributed by atoms with Crippen LogP contribution in [0.3, 0.4) is 0 Å². The fourth-order valence-electron chi connectivity index (χ4n) is 1.80. The maximum Gasteiger partial charge on any atom is 0.226 e. The van der Waals surface area contributed by atoms with Crippen molar-refractivity contribution in [1.82, 2.24) is 4.98 Å². The number of carbonyl (C=O) groups is 1. The predicted octanol–water partition coefficient (Wildman–Crippen LogP) is 4.24. The average Bonchev–Trinajstić information content (AvgIpc) is 2.93. The molecule has 0 unspecified atom stereocenters. The summed E-state index contributed by atoms with van der Waals surface area (Å²) in [6.07, 6.45) is 2.94. The number of carbonyl (C=O) groups excluding carboxylic acids is 1. The maximum absolute atomic E-state index is 11.9. The van der Waals surface area contributed by atoms with Crippen LogP contribution in [0, 0.1) is 0 Å². The Morgan fingerprint density at radius 3 is 2.64 bits per heavy atom. The third-order valence-electron chi connectivity index (χ3n) is 3.05. The summed E-state index contributed by atoms with van der Waals surface area (Å²) in [5, 5.41) is 3.51. The lowest BCUT2D eigenvalue weighted by Crippen LogP contribution is -2.12. The Morgan fingerprint density at radius 2 is 2.00 bits per heavy atom. The number of hydrogen-bond acceptors (Lipinski definition) is 4. The molecule has 1 aromatic heterocycles. The molecule has 0 fully saturated rings. The number of benzene rings is 1. The van der Waals surface area contributed by atoms with Crippen molar-refractivity contribution in [2.75, 3.05) is 11.9 Å². The molecule has 1 aromatic carbocycles. The van der Waals surface area contributed by atoms with Gasteiger partial charge in [0.15, 0.2) is 5.13 Å². The fraction of sp³-hybridized carbons (Fsp3) is 0.412. The predicted molar refractivity (Wildman–Crippen MR) is 90.6 cm³/mol. The van der Waals surface area contributed by atoms with Crippen LogP contribution in [0.25, 0.3) is 0 Å². The Hall–Kier alpha value is -1.88. The Kier molecular flexibility index (Phi) is 5.55. The van der Waals surface area contributed by atoms with Crippen LogP contribution < -0.4 is 10.1 Å². The van der Waals surface area contributed by atoms with Crippen LogP contribution in [0.4, 0.5) is 5.13 Å². The van der Waals surface area contributed by atoms with E-state index in [0.29, 0.717) is 24.6 Å². The first kappa shape index (κ1) is 16.5. The van der Waals surface area contributed by atoms with Crippen molar-refractivity contribution in [3.63, 3.8) is 0 Å². The molecule has 118 valence electrons. The number of thiazole rings is 1. The topological polar surface area (TPSA) is 51.2 Å². The van der Waals surface area contributed by atoms with Crippen molar-refractivity contribution in [3.8, 4) is 5.75 Å². The number of amides is 1. The molecule has 0 aliphatic rings. The number of para-hydroxylation sites is 1. The van der Waals surface area contributed by atoms with Crippen molar-refractivity contribution in [2.24, 2.45) is 0 Å². The number of anilines is 1. The molecule has 0 aliphatic carbocycles. The van der Waals surface area contributed by atoms with Crippen molar-refractivity contribution in [1.29, 1.82) is 0 Å². The Labute approximate surface area is 135 Å². The maximum atomic E-state index is 11.9. The van der Waals surface area contributed by atoms with Gasteiger partial charge in [-0.25, -0.2) is 4.98 Å². The van der Waals surface area contributed by atoms with Gasteiger partial charge in [-0.05, 0) is 24.0 Å². The first-order valence-electron chi connectivity index (χ1n) is 7.39. The van der Waals surface area contributed by atoms with Crippen LogP contribution >= 0.6 is 11.3 Å². The van der Waals surface area contributed by atoms with Gasteiger partial charge in [0, 0.05) is 17.5 Å². The third kappa shape index (κ3) is 5.15. The minimum Gasteiger partial charge on any atom is -0.494 e. The van der Waals surface area contributed by atoms with E-state index in [-0.39, 0.29) is 11.3 Å². The number of hydrogen-bond donors (Lipinski definition) is 1. The third-order valence-corrected chi connectivity index (χ3v) is 4.39. The number of nitrogens with zero attached hydrogens (tertiary/aromatic N) is 1. The molecule has 1 heterocycles. The van der Waals surface area contributed by atoms with Crippen LogP contribution in [-0.2, 0) is 10.2 Å². The van der Waals surface area contributed by atoms with Crippen molar-refractivity contribution < 1.29 is 9.53 Å². The normalized spacial score (nSPS) is 11.2. The van der Waals surface area contributed by atoms with E-state index in [2.05, 4.69) is 31.1 Å². The van der Waals surface area contributed by atoms with Gasteiger partial charge < -0.3 is 10.1 Å². The number of nitrogens with one attached hydrogen (secondary N) is 1. The van der Waals surface area contributed by atoms with Gasteiger partial charge in [-0.15, -0.1) is 11.3 Å². The zero-order chi connectivity index (χ0) is 16.0. The summed E-state index contributed by atoms with van der Waals surface area (Å²) in [6.45, 7) is 6.93. The quantitative estimate of drug-likeness (QED) is 0.811. The number of aromatic nitrogens is 1. The fourth-order valence-corrected chi connectivity index (χ4v) is 2.69. The minimum absolute atomic E-state index is 0.0218. The second-order valence-electron chi connectivity index (χ2n) is 6.09. The van der Waals surface area contributed by atoms with Crippen LogP contribution in [-0.4, -0.2) is 17.5 Å². The summed E-state index contributed by atoms with van der Waals surface area (Å²) in [6, 6.07) is 9.61. The summed E-state index contributed by atoms with van der Waals surface area (Å²) in [5.74, 6) is 0.809. The SMILES string of the molecule is CC(C)(C)c1cnc(NC(=O)CCCOc2ccccc2)s1. The summed E-state index contributed by atoms with van der Waals surface area (Å²) < 4.78 is 5.56. The molecule has 0 spiro atoms. The summed E-state index contributed by atoms with van der Waals surface area (Å²) >= 11 is 1.53. The minimum atomic E-state index is -0.0218. The molecule has 0 saturated heterocycles. The standard InChI is InChI=1S/C17H22N2O2S/c1-17(2,3)14-12-18-16(22-14)19-15(20)10-7-11-21-13-8-5-4-6-9-13/h4-6,8-9,12H,7,10-11H2,1-3H3,(H,18,19,20). The summed E-state index contributed by atoms with van der Waals surface area (Å²) in [4.78, 5) is 17.3. The number of ether oxygens (including phenoxy) is 1. The number of rotatable bonds is 6. The molecule has 0 saturated carbocycles. The van der Waals surface area contributed by atoms with Crippen LogP contribution in [0.15, 0.2) is 36.5 Å². The highest BCUT2D eigenvalue weighted by atomic mass is 32.1. The molecule has 1 N–H and O–H groups in total. The molecule has 0 aliphatic heterocycles. The van der Waals surface area contributed by atoms with E-state index in [1.54, 1.807) is 0 Å². The molecule has 0 atom stereocenters. The lowest BCUT2D eigenvalue weighted by atomic mass is 9.96. The smallest absolute Gasteiger partial charge is 0.226 e. The van der Waals surface area contributed by atoms with Gasteiger partial charge in [0.2, 0.25) is 5.91 Å². The molecule has 22 heavy (non-hydrogen) atoms. The zero-order valence-corrected chi connectivity index (χ0v) is 14.1. The molecular formula is C17H22N2O2S. The van der Waals surface area contributed by atoms with E-state index >= 15 is 0 Å². The molecular weight excluding hydrogens is 296 g/mol. The summed E-state index contributed by atoms with van der Waals surface area (Å²) in [7, 11) is 0. The lowest BCUT2D eigenvalue weighted by Gasteiger charge is -2.14. The van der Waals surface area contributed by atoms with E-state index in [1.165, 1.54) is 11.3 Å². The molecule has 5 heteroatoms. The molecule has 2 aromatic rings. The van der Waals surface area contributed by atoms with E-state index in [0.717, 1.165) is 10.6 Å². The van der Waals surface area contributed by atoms with Gasteiger partial charge in [0.25, 0.3) is 0 Å². The van der Waals surface area contributed by atoms with Gasteiger partial charge >= 0.3 is 0 Å². The van der Waals surface area contributed by atoms with Crippen LogP contribution in [0.2, 0.25) is 0 Å². The van der Waals surface area contributed by atoms with Crippen LogP contribution in [0.1, 0.15) is 38.5 Å². The molecule has 1 amide bonds. The largest absolute Gasteiger partial charge is 0.494 e.